The third-order valence-corrected chi connectivity index (χ3v) is 4.88. The summed E-state index contributed by atoms with van der Waals surface area (Å²) in [6, 6.07) is 3.81. The van der Waals surface area contributed by atoms with Crippen LogP contribution in [0.1, 0.15) is 26.8 Å². The lowest BCUT2D eigenvalue weighted by molar-refractivity contribution is -0.380. The van der Waals surface area contributed by atoms with Gasteiger partial charge in [0, 0.05) is 5.56 Å². The number of ether oxygens (including phenoxy) is 1. The fourth-order valence-electron chi connectivity index (χ4n) is 2.44. The molecule has 2 heterocycles. The second kappa shape index (κ2) is 6.57. The maximum absolute atomic E-state index is 12.6. The van der Waals surface area contributed by atoms with Crippen LogP contribution in [0.5, 0.6) is 5.75 Å². The van der Waals surface area contributed by atoms with Crippen LogP contribution in [0.4, 0.5) is 18.2 Å². The number of hydrogen-bond donors (Lipinski definition) is 2. The standard InChI is InChI=1S/C15H11F3N2O5S/c16-15(17,18)8-3-1-7(2-4-8)14(22)19-12-9(21)6-25-10-5-11(20(23)24)26-13(10)12/h1-5,9,12,21H,6H2,(H,19,22). The lowest BCUT2D eigenvalue weighted by atomic mass is 10.1. The number of nitrogens with zero attached hydrogens (tertiary/aromatic N) is 1. The van der Waals surface area contributed by atoms with Crippen molar-refractivity contribution in [3.8, 4) is 5.75 Å². The summed E-state index contributed by atoms with van der Waals surface area (Å²) in [5.41, 5.74) is -0.930. The minimum absolute atomic E-state index is 0.0377. The van der Waals surface area contributed by atoms with Crippen LogP contribution in [0, 0.1) is 10.1 Å². The number of hydrogen-bond acceptors (Lipinski definition) is 6. The Morgan fingerprint density at radius 3 is 2.58 bits per heavy atom. The van der Waals surface area contributed by atoms with Gasteiger partial charge in [0.15, 0.2) is 0 Å². The Hall–Kier alpha value is -2.66. The van der Waals surface area contributed by atoms with Gasteiger partial charge in [0.25, 0.3) is 5.91 Å². The van der Waals surface area contributed by atoms with E-state index in [2.05, 4.69) is 5.32 Å². The largest absolute Gasteiger partial charge is 0.489 e. The van der Waals surface area contributed by atoms with Crippen molar-refractivity contribution in [2.75, 3.05) is 6.61 Å². The third-order valence-electron chi connectivity index (χ3n) is 3.73. The van der Waals surface area contributed by atoms with Crippen molar-refractivity contribution in [3.05, 3.63) is 56.5 Å². The third kappa shape index (κ3) is 3.48. The van der Waals surface area contributed by atoms with Crippen LogP contribution in [-0.4, -0.2) is 28.6 Å². The molecule has 26 heavy (non-hydrogen) atoms. The van der Waals surface area contributed by atoms with Gasteiger partial charge in [-0.25, -0.2) is 0 Å². The average Bonchev–Trinajstić information content (AvgIpc) is 3.01. The first-order valence-electron chi connectivity index (χ1n) is 7.24. The number of carbonyl (C=O) groups is 1. The molecular weight excluding hydrogens is 377 g/mol. The summed E-state index contributed by atoms with van der Waals surface area (Å²) in [5.74, 6) is -0.531. The zero-order chi connectivity index (χ0) is 19.1. The number of rotatable bonds is 3. The summed E-state index contributed by atoms with van der Waals surface area (Å²) in [4.78, 5) is 22.8. The second-order valence-electron chi connectivity index (χ2n) is 5.47. The van der Waals surface area contributed by atoms with Crippen molar-refractivity contribution >= 4 is 22.2 Å². The molecule has 2 unspecified atom stereocenters. The number of benzene rings is 1. The SMILES string of the molecule is O=C(NC1c2sc([N+](=O)[O-])cc2OCC1O)c1ccc(C(F)(F)F)cc1. The highest BCUT2D eigenvalue weighted by Crippen LogP contribution is 2.42. The molecule has 2 atom stereocenters. The molecule has 1 aromatic carbocycles. The molecule has 7 nitrogen and oxygen atoms in total. The predicted octanol–water partition coefficient (Wildman–Crippen LogP) is 2.90. The Morgan fingerprint density at radius 2 is 2.00 bits per heavy atom. The highest BCUT2D eigenvalue weighted by molar-refractivity contribution is 7.15. The molecule has 0 saturated heterocycles. The van der Waals surface area contributed by atoms with Crippen LogP contribution in [0.2, 0.25) is 0 Å². The topological polar surface area (TPSA) is 102 Å². The Kier molecular flexibility index (Phi) is 4.59. The number of nitrogens with one attached hydrogen (secondary N) is 1. The molecule has 0 bridgehead atoms. The normalized spacial score (nSPS) is 19.4. The molecule has 1 aliphatic heterocycles. The fraction of sp³-hybridized carbons (Fsp3) is 0.267. The first-order chi connectivity index (χ1) is 12.2. The van der Waals surface area contributed by atoms with Gasteiger partial charge < -0.3 is 15.2 Å². The Morgan fingerprint density at radius 1 is 1.35 bits per heavy atom. The number of alkyl halides is 3. The van der Waals surface area contributed by atoms with E-state index in [9.17, 15) is 33.2 Å². The minimum Gasteiger partial charge on any atom is -0.489 e. The predicted molar refractivity (Wildman–Crippen MR) is 84.1 cm³/mol. The number of aliphatic hydroxyl groups excluding tert-OH is 1. The van der Waals surface area contributed by atoms with Gasteiger partial charge in [0.05, 0.1) is 27.5 Å². The number of aliphatic hydroxyl groups is 1. The summed E-state index contributed by atoms with van der Waals surface area (Å²) in [7, 11) is 0. The molecule has 0 saturated carbocycles. The van der Waals surface area contributed by atoms with Gasteiger partial charge in [0.1, 0.15) is 18.5 Å². The van der Waals surface area contributed by atoms with E-state index in [0.717, 1.165) is 35.6 Å². The van der Waals surface area contributed by atoms with E-state index in [-0.39, 0.29) is 27.8 Å². The quantitative estimate of drug-likeness (QED) is 0.622. The van der Waals surface area contributed by atoms with Crippen LogP contribution < -0.4 is 10.1 Å². The van der Waals surface area contributed by atoms with E-state index >= 15 is 0 Å². The van der Waals surface area contributed by atoms with Crippen molar-refractivity contribution in [2.24, 2.45) is 0 Å². The van der Waals surface area contributed by atoms with E-state index in [0.29, 0.717) is 0 Å². The summed E-state index contributed by atoms with van der Waals surface area (Å²) >= 11 is 0.751. The minimum atomic E-state index is -4.52. The lowest BCUT2D eigenvalue weighted by Gasteiger charge is -2.28. The molecule has 0 spiro atoms. The Bertz CT molecular complexity index is 850. The Balaban J connectivity index is 1.82. The molecule has 138 valence electrons. The molecule has 0 radical (unpaired) electrons. The van der Waals surface area contributed by atoms with Crippen molar-refractivity contribution in [1.29, 1.82) is 0 Å². The number of nitro groups is 1. The van der Waals surface area contributed by atoms with Gasteiger partial charge in [0.2, 0.25) is 0 Å². The zero-order valence-electron chi connectivity index (χ0n) is 12.8. The summed E-state index contributed by atoms with van der Waals surface area (Å²) in [6.07, 6.45) is -5.67. The highest BCUT2D eigenvalue weighted by atomic mass is 32.1. The lowest BCUT2D eigenvalue weighted by Crippen LogP contribution is -2.41. The monoisotopic (exact) mass is 388 g/mol. The average molecular weight is 388 g/mol. The molecule has 1 amide bonds. The van der Waals surface area contributed by atoms with E-state index in [4.69, 9.17) is 4.74 Å². The van der Waals surface area contributed by atoms with Crippen LogP contribution >= 0.6 is 11.3 Å². The molecule has 2 N–H and O–H groups in total. The molecule has 11 heteroatoms. The van der Waals surface area contributed by atoms with Crippen molar-refractivity contribution in [1.82, 2.24) is 5.32 Å². The van der Waals surface area contributed by atoms with Crippen molar-refractivity contribution in [2.45, 2.75) is 18.3 Å². The van der Waals surface area contributed by atoms with Gasteiger partial charge >= 0.3 is 11.2 Å². The molecule has 1 aromatic heterocycles. The first-order valence-corrected chi connectivity index (χ1v) is 8.05. The van der Waals surface area contributed by atoms with Crippen LogP contribution in [0.15, 0.2) is 30.3 Å². The molecular formula is C15H11F3N2O5S. The van der Waals surface area contributed by atoms with Crippen LogP contribution in [0.3, 0.4) is 0 Å². The fourth-order valence-corrected chi connectivity index (χ4v) is 3.47. The maximum atomic E-state index is 12.6. The Labute approximate surface area is 148 Å². The number of fused-ring (bicyclic) bond motifs is 1. The van der Waals surface area contributed by atoms with E-state index in [1.807, 2.05) is 0 Å². The van der Waals surface area contributed by atoms with E-state index < -0.39 is 34.7 Å². The zero-order valence-corrected chi connectivity index (χ0v) is 13.6. The highest BCUT2D eigenvalue weighted by Gasteiger charge is 2.35. The molecule has 1 aliphatic rings. The second-order valence-corrected chi connectivity index (χ2v) is 6.54. The van der Waals surface area contributed by atoms with Gasteiger partial charge in [-0.1, -0.05) is 11.3 Å². The summed E-state index contributed by atoms with van der Waals surface area (Å²) in [6.45, 7) is -0.182. The van der Waals surface area contributed by atoms with E-state index in [1.165, 1.54) is 6.07 Å². The molecule has 0 fully saturated rings. The van der Waals surface area contributed by atoms with Crippen molar-refractivity contribution < 1.29 is 32.7 Å². The van der Waals surface area contributed by atoms with Gasteiger partial charge in [-0.3, -0.25) is 14.9 Å². The number of halogens is 3. The number of carbonyl (C=O) groups excluding carboxylic acids is 1. The number of thiophene rings is 1. The number of amides is 1. The first kappa shape index (κ1) is 18.1. The smallest absolute Gasteiger partial charge is 0.416 e. The van der Waals surface area contributed by atoms with E-state index in [1.54, 1.807) is 0 Å². The molecule has 3 rings (SSSR count). The van der Waals surface area contributed by atoms with Gasteiger partial charge in [-0.2, -0.15) is 13.2 Å². The van der Waals surface area contributed by atoms with Crippen LogP contribution in [0.25, 0.3) is 0 Å². The van der Waals surface area contributed by atoms with Crippen molar-refractivity contribution in [3.63, 3.8) is 0 Å². The summed E-state index contributed by atoms with van der Waals surface area (Å²) in [5, 5.41) is 23.2. The van der Waals surface area contributed by atoms with Gasteiger partial charge in [-0.05, 0) is 24.3 Å². The molecule has 0 aliphatic carbocycles. The summed E-state index contributed by atoms with van der Waals surface area (Å²) < 4.78 is 42.9. The maximum Gasteiger partial charge on any atom is 0.416 e. The van der Waals surface area contributed by atoms with Gasteiger partial charge in [-0.15, -0.1) is 0 Å². The molecule has 2 aromatic rings. The van der Waals surface area contributed by atoms with Crippen LogP contribution in [-0.2, 0) is 6.18 Å².